The smallest absolute Gasteiger partial charge is 0.344 e. The number of hydrogen-bond acceptors (Lipinski definition) is 7. The third kappa shape index (κ3) is 2.73. The van der Waals surface area contributed by atoms with Gasteiger partial charge in [0.25, 0.3) is 0 Å². The van der Waals surface area contributed by atoms with Crippen LogP contribution in [0.3, 0.4) is 0 Å². The van der Waals surface area contributed by atoms with Gasteiger partial charge in [0.15, 0.2) is 21.7 Å². The molecule has 112 valence electrons. The molecule has 0 radical (unpaired) electrons. The summed E-state index contributed by atoms with van der Waals surface area (Å²) < 4.78 is 7.07. The predicted molar refractivity (Wildman–Crippen MR) is 78.0 cm³/mol. The van der Waals surface area contributed by atoms with E-state index in [1.54, 1.807) is 11.7 Å². The number of hydrogen-bond donors (Lipinski definition) is 2. The van der Waals surface area contributed by atoms with Gasteiger partial charge in [0.05, 0.1) is 7.11 Å². The van der Waals surface area contributed by atoms with Gasteiger partial charge in [0, 0.05) is 12.6 Å². The Morgan fingerprint density at radius 2 is 2.33 bits per heavy atom. The summed E-state index contributed by atoms with van der Waals surface area (Å²) in [5.74, 6) is 1.19. The van der Waals surface area contributed by atoms with Crippen molar-refractivity contribution in [3.63, 3.8) is 0 Å². The van der Waals surface area contributed by atoms with E-state index in [0.29, 0.717) is 21.7 Å². The zero-order chi connectivity index (χ0) is 14.8. The first-order valence-corrected chi connectivity index (χ1v) is 7.53. The fourth-order valence-corrected chi connectivity index (χ4v) is 2.98. The number of methoxy groups -OCH3 is 1. The quantitative estimate of drug-likeness (QED) is 0.776. The minimum Gasteiger partial charge on any atom is -0.490 e. The van der Waals surface area contributed by atoms with Gasteiger partial charge in [0.2, 0.25) is 0 Å². The first-order valence-electron chi connectivity index (χ1n) is 6.72. The van der Waals surface area contributed by atoms with Gasteiger partial charge in [-0.2, -0.15) is 0 Å². The highest BCUT2D eigenvalue weighted by molar-refractivity contribution is 7.99. The van der Waals surface area contributed by atoms with Crippen LogP contribution >= 0.6 is 11.8 Å². The standard InChI is InChI=1S/C12H16N6O2S/c1-3-13-9-8(20-2)10(15-6-14-9)21-12-17-16-11(19)18(12)7-4-5-7/h6-7H,3-5H2,1-2H3,(H,16,19)(H,13,14,15). The second-order valence-electron chi connectivity index (χ2n) is 4.61. The number of aromatic amines is 1. The molecule has 0 bridgehead atoms. The molecule has 0 atom stereocenters. The van der Waals surface area contributed by atoms with Gasteiger partial charge in [-0.15, -0.1) is 5.10 Å². The van der Waals surface area contributed by atoms with E-state index in [-0.39, 0.29) is 11.7 Å². The topological polar surface area (TPSA) is 97.7 Å². The zero-order valence-corrected chi connectivity index (χ0v) is 12.6. The number of rotatable bonds is 6. The van der Waals surface area contributed by atoms with Crippen molar-refractivity contribution in [1.29, 1.82) is 0 Å². The van der Waals surface area contributed by atoms with E-state index in [2.05, 4.69) is 25.5 Å². The van der Waals surface area contributed by atoms with Gasteiger partial charge in [-0.25, -0.2) is 19.9 Å². The van der Waals surface area contributed by atoms with Crippen LogP contribution in [0.1, 0.15) is 25.8 Å². The first-order chi connectivity index (χ1) is 10.2. The third-order valence-electron chi connectivity index (χ3n) is 3.09. The molecule has 21 heavy (non-hydrogen) atoms. The maximum atomic E-state index is 11.8. The molecule has 0 spiro atoms. The number of nitrogens with zero attached hydrogens (tertiary/aromatic N) is 4. The SMILES string of the molecule is CCNc1ncnc(Sc2n[nH]c(=O)n2C2CC2)c1OC. The molecule has 1 aliphatic rings. The molecular formula is C12H16N6O2S. The highest BCUT2D eigenvalue weighted by Crippen LogP contribution is 2.40. The summed E-state index contributed by atoms with van der Waals surface area (Å²) in [6.45, 7) is 2.71. The summed E-state index contributed by atoms with van der Waals surface area (Å²) in [5, 5.41) is 10.9. The predicted octanol–water partition coefficient (Wildman–Crippen LogP) is 1.29. The van der Waals surface area contributed by atoms with Crippen molar-refractivity contribution in [3.8, 4) is 5.75 Å². The minimum atomic E-state index is -0.181. The van der Waals surface area contributed by atoms with Crippen LogP contribution in [0.5, 0.6) is 5.75 Å². The molecule has 1 aliphatic carbocycles. The molecule has 1 saturated carbocycles. The van der Waals surface area contributed by atoms with Crippen molar-refractivity contribution < 1.29 is 4.74 Å². The van der Waals surface area contributed by atoms with Crippen LogP contribution in [0.2, 0.25) is 0 Å². The van der Waals surface area contributed by atoms with Crippen LogP contribution < -0.4 is 15.7 Å². The number of anilines is 1. The van der Waals surface area contributed by atoms with Gasteiger partial charge < -0.3 is 10.1 Å². The lowest BCUT2D eigenvalue weighted by Crippen LogP contribution is -2.16. The van der Waals surface area contributed by atoms with Crippen molar-refractivity contribution in [2.75, 3.05) is 19.0 Å². The van der Waals surface area contributed by atoms with Crippen LogP contribution in [0.25, 0.3) is 0 Å². The van der Waals surface area contributed by atoms with Crippen LogP contribution in [0, 0.1) is 0 Å². The Labute approximate surface area is 125 Å². The summed E-state index contributed by atoms with van der Waals surface area (Å²) >= 11 is 1.30. The summed E-state index contributed by atoms with van der Waals surface area (Å²) in [5.41, 5.74) is -0.181. The first kappa shape index (κ1) is 13.9. The van der Waals surface area contributed by atoms with Crippen LogP contribution in [-0.4, -0.2) is 38.4 Å². The van der Waals surface area contributed by atoms with Gasteiger partial charge >= 0.3 is 5.69 Å². The van der Waals surface area contributed by atoms with Gasteiger partial charge in [-0.1, -0.05) is 0 Å². The van der Waals surface area contributed by atoms with Gasteiger partial charge in [-0.05, 0) is 31.5 Å². The number of aromatic nitrogens is 5. The molecule has 0 unspecified atom stereocenters. The molecule has 0 aliphatic heterocycles. The maximum Gasteiger partial charge on any atom is 0.344 e. The molecule has 0 saturated heterocycles. The largest absolute Gasteiger partial charge is 0.490 e. The Bertz CT molecular complexity index is 693. The summed E-state index contributed by atoms with van der Waals surface area (Å²) in [6.07, 6.45) is 3.49. The number of ether oxygens (including phenoxy) is 1. The zero-order valence-electron chi connectivity index (χ0n) is 11.8. The molecule has 2 heterocycles. The average molecular weight is 308 g/mol. The van der Waals surface area contributed by atoms with Crippen LogP contribution in [-0.2, 0) is 0 Å². The normalized spacial score (nSPS) is 14.2. The molecule has 9 heteroatoms. The molecule has 2 N–H and O–H groups in total. The lowest BCUT2D eigenvalue weighted by molar-refractivity contribution is 0.400. The van der Waals surface area contributed by atoms with E-state index < -0.39 is 0 Å². The molecule has 3 rings (SSSR count). The van der Waals surface area contributed by atoms with E-state index in [1.165, 1.54) is 18.1 Å². The fourth-order valence-electron chi connectivity index (χ4n) is 2.01. The van der Waals surface area contributed by atoms with Crippen LogP contribution in [0.4, 0.5) is 5.82 Å². The van der Waals surface area contributed by atoms with E-state index in [1.807, 2.05) is 6.92 Å². The van der Waals surface area contributed by atoms with Crippen molar-refractivity contribution in [2.24, 2.45) is 0 Å². The van der Waals surface area contributed by atoms with Crippen molar-refractivity contribution in [3.05, 3.63) is 16.8 Å². The Morgan fingerprint density at radius 3 is 3.00 bits per heavy atom. The molecule has 8 nitrogen and oxygen atoms in total. The summed E-state index contributed by atoms with van der Waals surface area (Å²) in [6, 6.07) is 0.250. The van der Waals surface area contributed by atoms with E-state index >= 15 is 0 Å². The molecule has 2 aromatic rings. The fraction of sp³-hybridized carbons (Fsp3) is 0.500. The van der Waals surface area contributed by atoms with Crippen molar-refractivity contribution in [1.82, 2.24) is 24.7 Å². The van der Waals surface area contributed by atoms with E-state index in [9.17, 15) is 4.79 Å². The number of H-pyrrole nitrogens is 1. The molecular weight excluding hydrogens is 292 g/mol. The third-order valence-corrected chi connectivity index (χ3v) is 4.05. The Kier molecular flexibility index (Phi) is 3.82. The second kappa shape index (κ2) is 5.76. The van der Waals surface area contributed by atoms with E-state index in [4.69, 9.17) is 4.74 Å². The van der Waals surface area contributed by atoms with Gasteiger partial charge in [0.1, 0.15) is 6.33 Å². The summed E-state index contributed by atoms with van der Waals surface area (Å²) in [4.78, 5) is 20.2. The average Bonchev–Trinajstić information content (AvgIpc) is 3.24. The Hall–Kier alpha value is -2.03. The summed E-state index contributed by atoms with van der Waals surface area (Å²) in [7, 11) is 1.57. The van der Waals surface area contributed by atoms with Crippen LogP contribution in [0.15, 0.2) is 21.3 Å². The monoisotopic (exact) mass is 308 g/mol. The lowest BCUT2D eigenvalue weighted by Gasteiger charge is -2.11. The molecule has 2 aromatic heterocycles. The Balaban J connectivity index is 1.94. The second-order valence-corrected chi connectivity index (χ2v) is 5.56. The Morgan fingerprint density at radius 1 is 1.52 bits per heavy atom. The van der Waals surface area contributed by atoms with Gasteiger partial charge in [-0.3, -0.25) is 4.57 Å². The van der Waals surface area contributed by atoms with E-state index in [0.717, 1.165) is 19.4 Å². The minimum absolute atomic E-state index is 0.181. The molecule has 1 fully saturated rings. The highest BCUT2D eigenvalue weighted by Gasteiger charge is 2.29. The molecule has 0 amide bonds. The maximum absolute atomic E-state index is 11.8. The lowest BCUT2D eigenvalue weighted by atomic mass is 10.5. The van der Waals surface area contributed by atoms with Crippen molar-refractivity contribution >= 4 is 17.6 Å². The number of nitrogens with one attached hydrogen (secondary N) is 2. The van der Waals surface area contributed by atoms with Crippen molar-refractivity contribution in [2.45, 2.75) is 36.0 Å². The molecule has 0 aromatic carbocycles. The highest BCUT2D eigenvalue weighted by atomic mass is 32.2.